The molecule has 7 nitrogen and oxygen atoms in total. The Morgan fingerprint density at radius 3 is 1.56 bits per heavy atom. The Balaban J connectivity index is 1.43. The van der Waals surface area contributed by atoms with Crippen molar-refractivity contribution in [3.63, 3.8) is 0 Å². The smallest absolute Gasteiger partial charge is 0.270 e. The van der Waals surface area contributed by atoms with Crippen LogP contribution < -0.4 is 20.1 Å². The summed E-state index contributed by atoms with van der Waals surface area (Å²) in [6.07, 6.45) is 0. The number of benzene rings is 2. The number of rotatable bonds is 10. The maximum Gasteiger partial charge on any atom is 0.270 e. The first-order valence-electron chi connectivity index (χ1n) is 9.82. The normalized spacial score (nSPS) is 10.3. The van der Waals surface area contributed by atoms with Crippen LogP contribution in [0.5, 0.6) is 11.5 Å². The van der Waals surface area contributed by atoms with Crippen LogP contribution in [0, 0.1) is 11.6 Å². The summed E-state index contributed by atoms with van der Waals surface area (Å²) < 4.78 is 37.5. The fourth-order valence-corrected chi connectivity index (χ4v) is 2.64. The fourth-order valence-electron chi connectivity index (χ4n) is 2.64. The molecule has 0 saturated heterocycles. The van der Waals surface area contributed by atoms with Crippen LogP contribution >= 0.6 is 0 Å². The molecule has 0 saturated carbocycles. The third-order valence-corrected chi connectivity index (χ3v) is 4.18. The molecule has 3 rings (SSSR count). The molecule has 0 aliphatic heterocycles. The number of para-hydroxylation sites is 2. The van der Waals surface area contributed by atoms with Crippen LogP contribution in [0.15, 0.2) is 66.7 Å². The summed E-state index contributed by atoms with van der Waals surface area (Å²) in [5.74, 6) is -1.79. The average Bonchev–Trinajstić information content (AvgIpc) is 2.81. The molecule has 2 amide bonds. The second-order valence-electron chi connectivity index (χ2n) is 6.48. The number of nitrogens with one attached hydrogen (secondary N) is 2. The lowest BCUT2D eigenvalue weighted by atomic mass is 10.2. The van der Waals surface area contributed by atoms with Gasteiger partial charge in [0.05, 0.1) is 13.1 Å². The van der Waals surface area contributed by atoms with Gasteiger partial charge in [0, 0.05) is 0 Å². The highest BCUT2D eigenvalue weighted by molar-refractivity contribution is 5.96. The fraction of sp³-hybridized carbons (Fsp3) is 0.174. The van der Waals surface area contributed by atoms with Crippen molar-refractivity contribution in [2.24, 2.45) is 0 Å². The van der Waals surface area contributed by atoms with Gasteiger partial charge in [0.15, 0.2) is 23.1 Å². The maximum atomic E-state index is 13.5. The van der Waals surface area contributed by atoms with Crippen molar-refractivity contribution < 1.29 is 27.8 Å². The number of pyridine rings is 1. The van der Waals surface area contributed by atoms with E-state index < -0.39 is 23.4 Å². The summed E-state index contributed by atoms with van der Waals surface area (Å²) in [6.45, 7) is 0.376. The first-order chi connectivity index (χ1) is 15.5. The highest BCUT2D eigenvalue weighted by Gasteiger charge is 2.12. The molecule has 2 aromatic carbocycles. The minimum Gasteiger partial charge on any atom is -0.489 e. The van der Waals surface area contributed by atoms with Crippen LogP contribution in [0.3, 0.4) is 0 Å². The zero-order valence-corrected chi connectivity index (χ0v) is 17.0. The predicted octanol–water partition coefficient (Wildman–Crippen LogP) is 2.98. The molecule has 3 aromatic rings. The van der Waals surface area contributed by atoms with Gasteiger partial charge in [-0.1, -0.05) is 30.3 Å². The van der Waals surface area contributed by atoms with Gasteiger partial charge in [0.2, 0.25) is 0 Å². The van der Waals surface area contributed by atoms with Gasteiger partial charge in [0.25, 0.3) is 11.8 Å². The second-order valence-corrected chi connectivity index (χ2v) is 6.48. The number of ether oxygens (including phenoxy) is 2. The summed E-state index contributed by atoms with van der Waals surface area (Å²) in [5, 5.41) is 5.19. The Kier molecular flexibility index (Phi) is 8.08. The van der Waals surface area contributed by atoms with E-state index in [0.717, 1.165) is 0 Å². The van der Waals surface area contributed by atoms with Crippen LogP contribution in [0.4, 0.5) is 8.78 Å². The van der Waals surface area contributed by atoms with Gasteiger partial charge in [-0.2, -0.15) is 0 Å². The summed E-state index contributed by atoms with van der Waals surface area (Å²) in [5.41, 5.74) is 0.0947. The first-order valence-corrected chi connectivity index (χ1v) is 9.82. The van der Waals surface area contributed by atoms with E-state index in [1.807, 2.05) is 0 Å². The molecule has 0 unspecified atom stereocenters. The molecule has 9 heteroatoms. The molecule has 2 N–H and O–H groups in total. The third-order valence-electron chi connectivity index (χ3n) is 4.18. The maximum absolute atomic E-state index is 13.5. The molecule has 0 spiro atoms. The molecular weight excluding hydrogens is 420 g/mol. The van der Waals surface area contributed by atoms with Crippen LogP contribution in [-0.4, -0.2) is 43.1 Å². The lowest BCUT2D eigenvalue weighted by Gasteiger charge is -2.09. The van der Waals surface area contributed by atoms with Gasteiger partial charge in [-0.3, -0.25) is 9.59 Å². The Hall–Kier alpha value is -4.01. The molecule has 166 valence electrons. The molecule has 0 atom stereocenters. The number of carbonyl (C=O) groups is 2. The Morgan fingerprint density at radius 1 is 0.688 bits per heavy atom. The van der Waals surface area contributed by atoms with Gasteiger partial charge in [-0.05, 0) is 36.4 Å². The monoisotopic (exact) mass is 441 g/mol. The number of hydrogen-bond acceptors (Lipinski definition) is 5. The van der Waals surface area contributed by atoms with Crippen molar-refractivity contribution in [3.8, 4) is 11.5 Å². The van der Waals surface area contributed by atoms with Gasteiger partial charge < -0.3 is 20.1 Å². The predicted molar refractivity (Wildman–Crippen MR) is 113 cm³/mol. The zero-order valence-electron chi connectivity index (χ0n) is 17.0. The van der Waals surface area contributed by atoms with Crippen LogP contribution in [-0.2, 0) is 0 Å². The Labute approximate surface area is 183 Å². The van der Waals surface area contributed by atoms with Gasteiger partial charge in [-0.15, -0.1) is 0 Å². The summed E-state index contributed by atoms with van der Waals surface area (Å²) in [6, 6.07) is 16.4. The number of aromatic nitrogens is 1. The second kappa shape index (κ2) is 11.4. The third kappa shape index (κ3) is 6.49. The van der Waals surface area contributed by atoms with E-state index >= 15 is 0 Å². The van der Waals surface area contributed by atoms with E-state index in [-0.39, 0.29) is 49.2 Å². The van der Waals surface area contributed by atoms with Crippen LogP contribution in [0.1, 0.15) is 21.0 Å². The standard InChI is InChI=1S/C23H21F2N3O4/c24-16-6-1-3-10-20(16)31-14-12-26-22(29)18-8-5-9-19(28-18)23(30)27-13-15-32-21-11-4-2-7-17(21)25/h1-11H,12-15H2,(H,26,29)(H,27,30). The molecule has 0 aliphatic carbocycles. The molecule has 1 aromatic heterocycles. The topological polar surface area (TPSA) is 89.5 Å². The largest absolute Gasteiger partial charge is 0.489 e. The molecule has 32 heavy (non-hydrogen) atoms. The summed E-state index contributed by atoms with van der Waals surface area (Å²) in [4.78, 5) is 28.6. The molecule has 0 radical (unpaired) electrons. The minimum absolute atomic E-state index is 0.0474. The van der Waals surface area contributed by atoms with E-state index in [1.165, 1.54) is 42.5 Å². The minimum atomic E-state index is -0.500. The van der Waals surface area contributed by atoms with E-state index in [4.69, 9.17) is 9.47 Å². The summed E-state index contributed by atoms with van der Waals surface area (Å²) in [7, 11) is 0. The molecule has 0 aliphatic rings. The van der Waals surface area contributed by atoms with E-state index in [0.29, 0.717) is 0 Å². The van der Waals surface area contributed by atoms with Crippen LogP contribution in [0.2, 0.25) is 0 Å². The highest BCUT2D eigenvalue weighted by Crippen LogP contribution is 2.15. The lowest BCUT2D eigenvalue weighted by Crippen LogP contribution is -2.31. The van der Waals surface area contributed by atoms with E-state index in [2.05, 4.69) is 15.6 Å². The number of amides is 2. The van der Waals surface area contributed by atoms with Gasteiger partial charge in [-0.25, -0.2) is 13.8 Å². The van der Waals surface area contributed by atoms with Crippen LogP contribution in [0.25, 0.3) is 0 Å². The van der Waals surface area contributed by atoms with E-state index in [9.17, 15) is 18.4 Å². The van der Waals surface area contributed by atoms with Crippen molar-refractivity contribution in [1.29, 1.82) is 0 Å². The van der Waals surface area contributed by atoms with E-state index in [1.54, 1.807) is 24.3 Å². The number of halogens is 2. The average molecular weight is 441 g/mol. The number of nitrogens with zero attached hydrogens (tertiary/aromatic N) is 1. The molecule has 0 bridgehead atoms. The summed E-state index contributed by atoms with van der Waals surface area (Å²) >= 11 is 0. The van der Waals surface area contributed by atoms with Crippen molar-refractivity contribution in [2.45, 2.75) is 0 Å². The molecule has 0 fully saturated rings. The molecular formula is C23H21F2N3O4. The SMILES string of the molecule is O=C(NCCOc1ccccc1F)c1cccc(C(=O)NCCOc2ccccc2F)n1. The van der Waals surface area contributed by atoms with Crippen molar-refractivity contribution in [3.05, 3.63) is 89.8 Å². The van der Waals surface area contributed by atoms with Crippen molar-refractivity contribution >= 4 is 11.8 Å². The van der Waals surface area contributed by atoms with Gasteiger partial charge in [0.1, 0.15) is 24.6 Å². The highest BCUT2D eigenvalue weighted by atomic mass is 19.1. The first kappa shape index (κ1) is 22.7. The van der Waals surface area contributed by atoms with Gasteiger partial charge >= 0.3 is 0 Å². The van der Waals surface area contributed by atoms with Crippen molar-refractivity contribution in [1.82, 2.24) is 15.6 Å². The number of carbonyl (C=O) groups excluding carboxylic acids is 2. The quantitative estimate of drug-likeness (QED) is 0.472. The number of hydrogen-bond donors (Lipinski definition) is 2. The Morgan fingerprint density at radius 2 is 1.12 bits per heavy atom. The lowest BCUT2D eigenvalue weighted by molar-refractivity contribution is 0.0937. The molecule has 1 heterocycles. The van der Waals surface area contributed by atoms with Crippen molar-refractivity contribution in [2.75, 3.05) is 26.3 Å². The Bertz CT molecular complexity index is 998. The zero-order chi connectivity index (χ0) is 22.8.